The molecule has 1 atom stereocenters. The van der Waals surface area contributed by atoms with Gasteiger partial charge in [-0.05, 0) is 65.2 Å². The van der Waals surface area contributed by atoms with E-state index >= 15 is 0 Å². The number of anilines is 1. The van der Waals surface area contributed by atoms with Crippen molar-refractivity contribution >= 4 is 11.7 Å². The molecule has 1 saturated heterocycles. The summed E-state index contributed by atoms with van der Waals surface area (Å²) in [6.45, 7) is 1.81. The molecular weight excluding hydrogens is 358 g/mol. The molecular formula is C19H21N7O2. The number of carbonyl (C=O) groups is 1. The molecule has 0 bridgehead atoms. The van der Waals surface area contributed by atoms with Crippen LogP contribution >= 0.6 is 0 Å². The van der Waals surface area contributed by atoms with Crippen LogP contribution in [0.1, 0.15) is 18.4 Å². The highest BCUT2D eigenvalue weighted by molar-refractivity contribution is 5.89. The van der Waals surface area contributed by atoms with Gasteiger partial charge in [0.25, 0.3) is 0 Å². The van der Waals surface area contributed by atoms with Crippen LogP contribution in [-0.4, -0.2) is 55.4 Å². The van der Waals surface area contributed by atoms with E-state index in [0.29, 0.717) is 18.8 Å². The number of tetrazole rings is 1. The van der Waals surface area contributed by atoms with Crippen molar-refractivity contribution in [2.24, 2.45) is 0 Å². The lowest BCUT2D eigenvalue weighted by atomic mass is 10.2. The maximum absolute atomic E-state index is 12.9. The van der Waals surface area contributed by atoms with Crippen LogP contribution in [0.25, 0.3) is 5.69 Å². The summed E-state index contributed by atoms with van der Waals surface area (Å²) >= 11 is 0. The Morgan fingerprint density at radius 2 is 2.04 bits per heavy atom. The Morgan fingerprint density at radius 1 is 1.21 bits per heavy atom. The molecule has 9 nitrogen and oxygen atoms in total. The van der Waals surface area contributed by atoms with Gasteiger partial charge in [0.15, 0.2) is 0 Å². The van der Waals surface area contributed by atoms with Gasteiger partial charge in [-0.3, -0.25) is 4.98 Å². The second kappa shape index (κ2) is 8.57. The molecule has 1 unspecified atom stereocenters. The van der Waals surface area contributed by atoms with Gasteiger partial charge in [-0.2, -0.15) is 0 Å². The van der Waals surface area contributed by atoms with E-state index in [1.165, 1.54) is 6.33 Å². The largest absolute Gasteiger partial charge is 0.376 e. The minimum absolute atomic E-state index is 0.0785. The van der Waals surface area contributed by atoms with Crippen LogP contribution in [0.5, 0.6) is 0 Å². The van der Waals surface area contributed by atoms with Gasteiger partial charge >= 0.3 is 6.03 Å². The van der Waals surface area contributed by atoms with Crippen LogP contribution < -0.4 is 5.32 Å². The van der Waals surface area contributed by atoms with Crippen molar-refractivity contribution in [1.29, 1.82) is 0 Å². The molecule has 144 valence electrons. The van der Waals surface area contributed by atoms with Gasteiger partial charge in [-0.1, -0.05) is 0 Å². The number of ether oxygens (including phenoxy) is 1. The fourth-order valence-electron chi connectivity index (χ4n) is 3.14. The Bertz CT molecular complexity index is 878. The predicted octanol–water partition coefficient (Wildman–Crippen LogP) is 2.27. The number of nitrogens with one attached hydrogen (secondary N) is 1. The van der Waals surface area contributed by atoms with Crippen LogP contribution in [0, 0.1) is 0 Å². The summed E-state index contributed by atoms with van der Waals surface area (Å²) < 4.78 is 7.28. The molecule has 3 heterocycles. The van der Waals surface area contributed by atoms with E-state index in [2.05, 4.69) is 25.8 Å². The van der Waals surface area contributed by atoms with Crippen molar-refractivity contribution in [3.8, 4) is 5.69 Å². The fourth-order valence-corrected chi connectivity index (χ4v) is 3.14. The molecule has 2 aromatic heterocycles. The first kappa shape index (κ1) is 18.1. The lowest BCUT2D eigenvalue weighted by Gasteiger charge is -2.26. The van der Waals surface area contributed by atoms with Crippen LogP contribution in [0.4, 0.5) is 10.5 Å². The molecule has 0 aliphatic carbocycles. The number of hydrogen-bond donors (Lipinski definition) is 1. The van der Waals surface area contributed by atoms with Crippen molar-refractivity contribution in [1.82, 2.24) is 30.1 Å². The van der Waals surface area contributed by atoms with Crippen LogP contribution in [0.3, 0.4) is 0 Å². The highest BCUT2D eigenvalue weighted by Crippen LogP contribution is 2.17. The Hall–Kier alpha value is -3.33. The molecule has 0 spiro atoms. The van der Waals surface area contributed by atoms with Gasteiger partial charge in [0, 0.05) is 37.8 Å². The minimum atomic E-state index is -0.164. The summed E-state index contributed by atoms with van der Waals surface area (Å²) in [5, 5.41) is 14.1. The van der Waals surface area contributed by atoms with Gasteiger partial charge < -0.3 is 15.0 Å². The Morgan fingerprint density at radius 3 is 2.71 bits per heavy atom. The zero-order valence-electron chi connectivity index (χ0n) is 15.3. The third kappa shape index (κ3) is 4.49. The first-order chi connectivity index (χ1) is 13.8. The summed E-state index contributed by atoms with van der Waals surface area (Å²) in [5.41, 5.74) is 2.54. The molecule has 0 saturated carbocycles. The standard InChI is InChI=1S/C19H21N7O2/c27-19(22-16-3-5-17(6-4-16)26-14-21-23-24-26)25(13-18-2-1-11-28-18)12-15-7-9-20-10-8-15/h3-10,14,18H,1-2,11-13H2,(H,22,27). The van der Waals surface area contributed by atoms with Gasteiger partial charge in [0.1, 0.15) is 6.33 Å². The maximum atomic E-state index is 12.9. The number of hydrogen-bond acceptors (Lipinski definition) is 6. The molecule has 0 radical (unpaired) electrons. The number of rotatable bonds is 6. The zero-order valence-corrected chi connectivity index (χ0v) is 15.3. The lowest BCUT2D eigenvalue weighted by molar-refractivity contribution is 0.0819. The van der Waals surface area contributed by atoms with Crippen LogP contribution in [0.2, 0.25) is 0 Å². The Balaban J connectivity index is 1.44. The lowest BCUT2D eigenvalue weighted by Crippen LogP contribution is -2.39. The second-order valence-corrected chi connectivity index (χ2v) is 6.60. The highest BCUT2D eigenvalue weighted by atomic mass is 16.5. The number of nitrogens with zero attached hydrogens (tertiary/aromatic N) is 6. The average Bonchev–Trinajstić information content (AvgIpc) is 3.43. The number of aromatic nitrogens is 5. The highest BCUT2D eigenvalue weighted by Gasteiger charge is 2.23. The molecule has 1 aliphatic rings. The van der Waals surface area contributed by atoms with Crippen molar-refractivity contribution in [2.75, 3.05) is 18.5 Å². The summed E-state index contributed by atoms with van der Waals surface area (Å²) in [6.07, 6.45) is 7.07. The van der Waals surface area contributed by atoms with E-state index in [9.17, 15) is 4.79 Å². The van der Waals surface area contributed by atoms with Gasteiger partial charge in [-0.25, -0.2) is 9.48 Å². The average molecular weight is 379 g/mol. The van der Waals surface area contributed by atoms with E-state index in [0.717, 1.165) is 30.7 Å². The summed E-state index contributed by atoms with van der Waals surface area (Å²) in [7, 11) is 0. The van der Waals surface area contributed by atoms with E-state index in [-0.39, 0.29) is 12.1 Å². The van der Waals surface area contributed by atoms with Crippen molar-refractivity contribution < 1.29 is 9.53 Å². The van der Waals surface area contributed by atoms with Gasteiger partial charge in [0.05, 0.1) is 11.8 Å². The van der Waals surface area contributed by atoms with Crippen LogP contribution in [-0.2, 0) is 11.3 Å². The Labute approximate surface area is 162 Å². The summed E-state index contributed by atoms with van der Waals surface area (Å²) in [5.74, 6) is 0. The Kier molecular flexibility index (Phi) is 5.53. The zero-order chi connectivity index (χ0) is 19.2. The minimum Gasteiger partial charge on any atom is -0.376 e. The second-order valence-electron chi connectivity index (χ2n) is 6.60. The van der Waals surface area contributed by atoms with Crippen molar-refractivity contribution in [3.63, 3.8) is 0 Å². The molecule has 2 amide bonds. The van der Waals surface area contributed by atoms with E-state index in [1.54, 1.807) is 22.0 Å². The SMILES string of the molecule is O=C(Nc1ccc(-n2cnnn2)cc1)N(Cc1ccncc1)CC1CCCO1. The monoisotopic (exact) mass is 379 g/mol. The first-order valence-electron chi connectivity index (χ1n) is 9.18. The summed E-state index contributed by atoms with van der Waals surface area (Å²) in [6, 6.07) is 11.0. The van der Waals surface area contributed by atoms with E-state index < -0.39 is 0 Å². The normalized spacial score (nSPS) is 16.1. The van der Waals surface area contributed by atoms with E-state index in [4.69, 9.17) is 4.74 Å². The molecule has 1 N–H and O–H groups in total. The van der Waals surface area contributed by atoms with Gasteiger partial charge in [-0.15, -0.1) is 5.10 Å². The number of amides is 2. The number of pyridine rings is 1. The first-order valence-corrected chi connectivity index (χ1v) is 9.18. The number of benzene rings is 1. The van der Waals surface area contributed by atoms with Crippen molar-refractivity contribution in [2.45, 2.75) is 25.5 Å². The quantitative estimate of drug-likeness (QED) is 0.705. The van der Waals surface area contributed by atoms with E-state index in [1.807, 2.05) is 36.4 Å². The maximum Gasteiger partial charge on any atom is 0.322 e. The molecule has 9 heteroatoms. The smallest absolute Gasteiger partial charge is 0.322 e. The molecule has 1 aromatic carbocycles. The van der Waals surface area contributed by atoms with Gasteiger partial charge in [0.2, 0.25) is 0 Å². The molecule has 4 rings (SSSR count). The van der Waals surface area contributed by atoms with Crippen molar-refractivity contribution in [3.05, 3.63) is 60.7 Å². The topological polar surface area (TPSA) is 98.1 Å². The number of carbonyl (C=O) groups excluding carboxylic acids is 1. The third-order valence-electron chi connectivity index (χ3n) is 4.59. The predicted molar refractivity (Wildman–Crippen MR) is 102 cm³/mol. The molecule has 28 heavy (non-hydrogen) atoms. The fraction of sp³-hybridized carbons (Fsp3) is 0.316. The molecule has 1 aliphatic heterocycles. The van der Waals surface area contributed by atoms with Crippen LogP contribution in [0.15, 0.2) is 55.1 Å². The molecule has 1 fully saturated rings. The number of urea groups is 1. The summed E-state index contributed by atoms with van der Waals surface area (Å²) in [4.78, 5) is 18.7. The third-order valence-corrected chi connectivity index (χ3v) is 4.59. The molecule has 3 aromatic rings.